The molecule has 0 aliphatic carbocycles. The second-order valence-electron chi connectivity index (χ2n) is 11.3. The lowest BCUT2D eigenvalue weighted by atomic mass is 10.0. The van der Waals surface area contributed by atoms with Crippen molar-refractivity contribution in [3.63, 3.8) is 0 Å². The molecule has 0 aliphatic heterocycles. The smallest absolute Gasteiger partial charge is 0.243 e. The van der Waals surface area contributed by atoms with Crippen molar-refractivity contribution in [1.82, 2.24) is 10.2 Å². The molecule has 42 heavy (non-hydrogen) atoms. The number of aryl methyl sites for hydroxylation is 3. The zero-order valence-corrected chi connectivity index (χ0v) is 26.6. The molecular weight excluding hydrogens is 546 g/mol. The summed E-state index contributed by atoms with van der Waals surface area (Å²) in [7, 11) is -3.57. The number of hydrogen-bond acceptors (Lipinski definition) is 4. The zero-order valence-electron chi connectivity index (χ0n) is 25.8. The van der Waals surface area contributed by atoms with Crippen molar-refractivity contribution in [1.29, 1.82) is 0 Å². The van der Waals surface area contributed by atoms with E-state index in [0.29, 0.717) is 18.5 Å². The summed E-state index contributed by atoms with van der Waals surface area (Å²) in [5, 5.41) is 3.09. The molecule has 0 unspecified atom stereocenters. The molecule has 0 radical (unpaired) electrons. The summed E-state index contributed by atoms with van der Waals surface area (Å²) < 4.78 is 26.9. The highest BCUT2D eigenvalue weighted by Crippen LogP contribution is 2.23. The first-order chi connectivity index (χ1) is 19.9. The van der Waals surface area contributed by atoms with Crippen LogP contribution in [0.2, 0.25) is 0 Å². The maximum absolute atomic E-state index is 14.0. The van der Waals surface area contributed by atoms with Gasteiger partial charge in [-0.2, -0.15) is 0 Å². The summed E-state index contributed by atoms with van der Waals surface area (Å²) in [6.07, 6.45) is 2.75. The normalized spacial score (nSPS) is 12.8. The minimum Gasteiger partial charge on any atom is -0.352 e. The molecule has 0 fully saturated rings. The molecule has 0 aromatic heterocycles. The highest BCUT2D eigenvalue weighted by Gasteiger charge is 2.31. The van der Waals surface area contributed by atoms with Crippen molar-refractivity contribution in [3.05, 3.63) is 101 Å². The molecule has 226 valence electrons. The summed E-state index contributed by atoms with van der Waals surface area (Å²) in [6.45, 7) is 10.3. The van der Waals surface area contributed by atoms with Crippen molar-refractivity contribution in [2.75, 3.05) is 17.1 Å². The van der Waals surface area contributed by atoms with E-state index in [1.54, 1.807) is 4.90 Å². The fourth-order valence-electron chi connectivity index (χ4n) is 5.06. The van der Waals surface area contributed by atoms with Crippen LogP contribution in [0.15, 0.2) is 72.8 Å². The van der Waals surface area contributed by atoms with E-state index in [9.17, 15) is 18.0 Å². The van der Waals surface area contributed by atoms with Crippen LogP contribution in [0.1, 0.15) is 60.9 Å². The summed E-state index contributed by atoms with van der Waals surface area (Å²) >= 11 is 0. The van der Waals surface area contributed by atoms with Crippen molar-refractivity contribution in [2.45, 2.75) is 78.9 Å². The number of nitrogens with zero attached hydrogens (tertiary/aromatic N) is 2. The molecule has 3 aromatic rings. The molecule has 0 aliphatic rings. The summed E-state index contributed by atoms with van der Waals surface area (Å²) in [5.74, 6) is -0.379. The van der Waals surface area contributed by atoms with E-state index in [0.717, 1.165) is 34.2 Å². The molecule has 0 saturated heterocycles. The SMILES string of the molecule is CC[C@@H](C)NC(=O)[C@@H](Cc1ccccc1)N(Cc1ccccc1C)C(=O)CCCN(c1cc(C)cc(C)c1)S(C)(=O)=O. The van der Waals surface area contributed by atoms with Gasteiger partial charge in [0, 0.05) is 32.0 Å². The van der Waals surface area contributed by atoms with Gasteiger partial charge in [-0.05, 0) is 80.5 Å². The van der Waals surface area contributed by atoms with Gasteiger partial charge in [0.05, 0.1) is 11.9 Å². The van der Waals surface area contributed by atoms with Gasteiger partial charge in [0.2, 0.25) is 21.8 Å². The molecule has 2 atom stereocenters. The van der Waals surface area contributed by atoms with Crippen LogP contribution in [0.25, 0.3) is 0 Å². The van der Waals surface area contributed by atoms with Crippen LogP contribution in [-0.2, 0) is 32.6 Å². The molecule has 0 bridgehead atoms. The van der Waals surface area contributed by atoms with E-state index < -0.39 is 16.1 Å². The average Bonchev–Trinajstić information content (AvgIpc) is 2.93. The standard InChI is InChI=1S/C34H45N3O4S/c1-7-28(5)35-34(39)32(23-29-15-9-8-10-16-29)36(24-30-17-12-11-14-27(30)4)33(38)18-13-19-37(42(6,40)41)31-21-25(2)20-26(3)22-31/h8-12,14-17,20-22,28,32H,7,13,18-19,23-24H2,1-6H3,(H,35,39)/t28-,32-/m1/s1. The lowest BCUT2D eigenvalue weighted by Gasteiger charge is -2.33. The highest BCUT2D eigenvalue weighted by molar-refractivity contribution is 7.92. The topological polar surface area (TPSA) is 86.8 Å². The van der Waals surface area contributed by atoms with Gasteiger partial charge in [-0.25, -0.2) is 8.42 Å². The Kier molecular flexibility index (Phi) is 11.7. The van der Waals surface area contributed by atoms with Crippen molar-refractivity contribution in [2.24, 2.45) is 0 Å². The zero-order chi connectivity index (χ0) is 30.9. The predicted molar refractivity (Wildman–Crippen MR) is 171 cm³/mol. The monoisotopic (exact) mass is 591 g/mol. The largest absolute Gasteiger partial charge is 0.352 e. The van der Waals surface area contributed by atoms with Crippen LogP contribution in [0.3, 0.4) is 0 Å². The second-order valence-corrected chi connectivity index (χ2v) is 13.2. The first kappa shape index (κ1) is 32.9. The van der Waals surface area contributed by atoms with Gasteiger partial charge in [-0.1, -0.05) is 67.6 Å². The third-order valence-corrected chi connectivity index (χ3v) is 8.71. The summed E-state index contributed by atoms with van der Waals surface area (Å²) in [5.41, 5.74) is 5.49. The van der Waals surface area contributed by atoms with Crippen molar-refractivity contribution < 1.29 is 18.0 Å². The molecule has 0 heterocycles. The van der Waals surface area contributed by atoms with Crippen LogP contribution in [0.4, 0.5) is 5.69 Å². The molecule has 0 saturated carbocycles. The van der Waals surface area contributed by atoms with Crippen molar-refractivity contribution in [3.8, 4) is 0 Å². The second kappa shape index (κ2) is 15.0. The van der Waals surface area contributed by atoms with Crippen LogP contribution >= 0.6 is 0 Å². The molecule has 2 amide bonds. The Hall–Kier alpha value is -3.65. The molecule has 7 nitrogen and oxygen atoms in total. The first-order valence-corrected chi connectivity index (χ1v) is 16.5. The number of anilines is 1. The van der Waals surface area contributed by atoms with Gasteiger partial charge in [0.15, 0.2) is 0 Å². The lowest BCUT2D eigenvalue weighted by Crippen LogP contribution is -2.52. The van der Waals surface area contributed by atoms with Gasteiger partial charge >= 0.3 is 0 Å². The van der Waals surface area contributed by atoms with Gasteiger partial charge in [0.1, 0.15) is 6.04 Å². The third kappa shape index (κ3) is 9.44. The van der Waals surface area contributed by atoms with E-state index in [1.807, 2.05) is 107 Å². The van der Waals surface area contributed by atoms with E-state index >= 15 is 0 Å². The van der Waals surface area contributed by atoms with Crippen LogP contribution in [0, 0.1) is 20.8 Å². The number of amides is 2. The molecule has 3 rings (SSSR count). The fourth-order valence-corrected chi connectivity index (χ4v) is 6.01. The maximum Gasteiger partial charge on any atom is 0.243 e. The van der Waals surface area contributed by atoms with E-state index in [4.69, 9.17) is 0 Å². The highest BCUT2D eigenvalue weighted by atomic mass is 32.2. The number of hydrogen-bond donors (Lipinski definition) is 1. The number of nitrogens with one attached hydrogen (secondary N) is 1. The first-order valence-electron chi connectivity index (χ1n) is 14.6. The number of rotatable bonds is 14. The van der Waals surface area contributed by atoms with Gasteiger partial charge in [0.25, 0.3) is 0 Å². The van der Waals surface area contributed by atoms with Crippen LogP contribution < -0.4 is 9.62 Å². The van der Waals surface area contributed by atoms with E-state index in [-0.39, 0.29) is 37.4 Å². The molecule has 0 spiro atoms. The summed E-state index contributed by atoms with van der Waals surface area (Å²) in [6, 6.07) is 22.5. The Morgan fingerprint density at radius 2 is 1.52 bits per heavy atom. The van der Waals surface area contributed by atoms with Gasteiger partial charge < -0.3 is 10.2 Å². The Labute approximate surface area is 252 Å². The van der Waals surface area contributed by atoms with Gasteiger partial charge in [-0.15, -0.1) is 0 Å². The molecule has 3 aromatic carbocycles. The van der Waals surface area contributed by atoms with E-state index in [2.05, 4.69) is 5.32 Å². The minimum absolute atomic E-state index is 0.0349. The summed E-state index contributed by atoms with van der Waals surface area (Å²) in [4.78, 5) is 29.4. The van der Waals surface area contributed by atoms with Crippen molar-refractivity contribution >= 4 is 27.5 Å². The quantitative estimate of drug-likeness (QED) is 0.260. The average molecular weight is 592 g/mol. The molecular formula is C34H45N3O4S. The fraction of sp³-hybridized carbons (Fsp3) is 0.412. The van der Waals surface area contributed by atoms with Gasteiger partial charge in [-0.3, -0.25) is 13.9 Å². The number of benzene rings is 3. The Morgan fingerprint density at radius 3 is 2.12 bits per heavy atom. The number of sulfonamides is 1. The molecule has 1 N–H and O–H groups in total. The Balaban J connectivity index is 1.91. The predicted octanol–water partition coefficient (Wildman–Crippen LogP) is 5.71. The maximum atomic E-state index is 14.0. The number of carbonyl (C=O) groups excluding carboxylic acids is 2. The van der Waals surface area contributed by atoms with E-state index in [1.165, 1.54) is 10.6 Å². The lowest BCUT2D eigenvalue weighted by molar-refractivity contribution is -0.141. The third-order valence-electron chi connectivity index (χ3n) is 7.52. The number of carbonyl (C=O) groups is 2. The van der Waals surface area contributed by atoms with Crippen LogP contribution in [-0.4, -0.2) is 50.0 Å². The Morgan fingerprint density at radius 1 is 0.905 bits per heavy atom. The van der Waals surface area contributed by atoms with Crippen LogP contribution in [0.5, 0.6) is 0 Å². The molecule has 8 heteroatoms. The minimum atomic E-state index is -3.57. The Bertz CT molecular complexity index is 1440.